The van der Waals surface area contributed by atoms with Gasteiger partial charge < -0.3 is 21.7 Å². The molecule has 0 aromatic rings. The molecule has 0 aliphatic heterocycles. The monoisotopic (exact) mass is 333 g/mol. The molecule has 0 aliphatic rings. The summed E-state index contributed by atoms with van der Waals surface area (Å²) in [5, 5.41) is 8.16. The van der Waals surface area contributed by atoms with E-state index in [1.807, 2.05) is 6.92 Å². The second-order valence-electron chi connectivity index (χ2n) is 5.09. The first-order valence-electron chi connectivity index (χ1n) is 7.56. The number of carbonyl (C=O) groups excluding carboxylic acids is 2. The van der Waals surface area contributed by atoms with Crippen molar-refractivity contribution in [3.05, 3.63) is 49.2 Å². The molecule has 0 spiro atoms. The van der Waals surface area contributed by atoms with Crippen molar-refractivity contribution in [2.75, 3.05) is 7.05 Å². The van der Waals surface area contributed by atoms with Crippen LogP contribution in [0.25, 0.3) is 0 Å². The summed E-state index contributed by atoms with van der Waals surface area (Å²) in [7, 11) is 1.64. The van der Waals surface area contributed by atoms with E-state index >= 15 is 0 Å². The number of carbonyl (C=O) groups is 2. The van der Waals surface area contributed by atoms with E-state index in [0.29, 0.717) is 12.8 Å². The summed E-state index contributed by atoms with van der Waals surface area (Å²) in [5.74, 6) is -0.310. The maximum atomic E-state index is 12.3. The van der Waals surface area contributed by atoms with Gasteiger partial charge in [0.1, 0.15) is 6.04 Å². The van der Waals surface area contributed by atoms with Crippen LogP contribution in [0.1, 0.15) is 19.8 Å². The molecule has 0 saturated heterocycles. The molecule has 7 nitrogen and oxygen atoms in total. The van der Waals surface area contributed by atoms with E-state index in [9.17, 15) is 9.59 Å². The van der Waals surface area contributed by atoms with E-state index in [0.717, 1.165) is 5.70 Å². The molecule has 3 amide bonds. The van der Waals surface area contributed by atoms with E-state index in [1.165, 1.54) is 6.34 Å². The lowest BCUT2D eigenvalue weighted by Crippen LogP contribution is -2.50. The highest BCUT2D eigenvalue weighted by molar-refractivity contribution is 5.86. The van der Waals surface area contributed by atoms with Gasteiger partial charge in [0.05, 0.1) is 6.34 Å². The Kier molecular flexibility index (Phi) is 11.2. The zero-order valence-corrected chi connectivity index (χ0v) is 14.3. The highest BCUT2D eigenvalue weighted by Gasteiger charge is 2.20. The van der Waals surface area contributed by atoms with Crippen LogP contribution in [0.15, 0.2) is 54.2 Å². The van der Waals surface area contributed by atoms with Gasteiger partial charge in [0.25, 0.3) is 0 Å². The molecule has 7 heteroatoms. The fourth-order valence-electron chi connectivity index (χ4n) is 1.82. The molecule has 0 radical (unpaired) electrons. The number of urea groups is 1. The molecule has 0 aromatic heterocycles. The fourth-order valence-corrected chi connectivity index (χ4v) is 1.82. The Bertz CT molecular complexity index is 523. The smallest absolute Gasteiger partial charge is 0.312 e. The molecule has 132 valence electrons. The summed E-state index contributed by atoms with van der Waals surface area (Å²) in [4.78, 5) is 27.1. The predicted octanol–water partition coefficient (Wildman–Crippen LogP) is 1.37. The van der Waals surface area contributed by atoms with Gasteiger partial charge in [-0.05, 0) is 13.3 Å². The number of hydrogen-bond acceptors (Lipinski definition) is 3. The van der Waals surface area contributed by atoms with E-state index in [4.69, 9.17) is 5.73 Å². The van der Waals surface area contributed by atoms with Crippen LogP contribution in [-0.2, 0) is 4.79 Å². The molecule has 0 aliphatic carbocycles. The Labute approximate surface area is 143 Å². The lowest BCUT2D eigenvalue weighted by atomic mass is 10.1. The van der Waals surface area contributed by atoms with Gasteiger partial charge in [0.2, 0.25) is 5.91 Å². The molecule has 0 fully saturated rings. The van der Waals surface area contributed by atoms with Crippen LogP contribution >= 0.6 is 0 Å². The van der Waals surface area contributed by atoms with E-state index in [1.54, 1.807) is 37.4 Å². The van der Waals surface area contributed by atoms with Crippen LogP contribution in [-0.4, -0.2) is 37.4 Å². The zero-order chi connectivity index (χ0) is 18.4. The highest BCUT2D eigenvalue weighted by Crippen LogP contribution is 2.01. The van der Waals surface area contributed by atoms with Crippen molar-refractivity contribution in [2.45, 2.75) is 31.8 Å². The van der Waals surface area contributed by atoms with Gasteiger partial charge in [-0.1, -0.05) is 43.5 Å². The molecule has 2 unspecified atom stereocenters. The van der Waals surface area contributed by atoms with Gasteiger partial charge in [-0.3, -0.25) is 9.79 Å². The van der Waals surface area contributed by atoms with Crippen LogP contribution in [0.5, 0.6) is 0 Å². The molecule has 0 bridgehead atoms. The number of nitrogens with one attached hydrogen (secondary N) is 3. The average Bonchev–Trinajstić information content (AvgIpc) is 2.50. The fraction of sp³-hybridized carbons (Fsp3) is 0.353. The number of hydrogen-bond donors (Lipinski definition) is 4. The minimum Gasteiger partial charge on any atom is -0.352 e. The highest BCUT2D eigenvalue weighted by atomic mass is 16.2. The van der Waals surface area contributed by atoms with Crippen LogP contribution < -0.4 is 21.7 Å². The zero-order valence-electron chi connectivity index (χ0n) is 14.3. The first-order valence-corrected chi connectivity index (χ1v) is 7.56. The minimum atomic E-state index is -0.747. The molecule has 2 atom stereocenters. The SMILES string of the molecule is C=C/C=C\C=C\CC(NC(N)=O)C(=O)NC(C)CC(=C)NC=NC. The first kappa shape index (κ1) is 21.2. The van der Waals surface area contributed by atoms with Gasteiger partial charge in [0, 0.05) is 25.2 Å². The Hall–Kier alpha value is -2.83. The van der Waals surface area contributed by atoms with Gasteiger partial charge in [-0.25, -0.2) is 4.79 Å². The third-order valence-electron chi connectivity index (χ3n) is 2.84. The maximum absolute atomic E-state index is 12.3. The summed E-state index contributed by atoms with van der Waals surface area (Å²) < 4.78 is 0. The van der Waals surface area contributed by atoms with E-state index in [2.05, 4.69) is 34.1 Å². The molecule has 24 heavy (non-hydrogen) atoms. The van der Waals surface area contributed by atoms with E-state index in [-0.39, 0.29) is 11.9 Å². The van der Waals surface area contributed by atoms with Crippen molar-refractivity contribution in [3.8, 4) is 0 Å². The van der Waals surface area contributed by atoms with Gasteiger partial charge >= 0.3 is 6.03 Å². The number of rotatable bonds is 11. The molecule has 5 N–H and O–H groups in total. The average molecular weight is 333 g/mol. The lowest BCUT2D eigenvalue weighted by molar-refractivity contribution is -0.123. The molecule has 0 saturated carbocycles. The number of nitrogens with two attached hydrogens (primary N) is 1. The quantitative estimate of drug-likeness (QED) is 0.260. The molecule has 0 aromatic carbocycles. The van der Waals surface area contributed by atoms with Crippen molar-refractivity contribution < 1.29 is 9.59 Å². The summed E-state index contributed by atoms with van der Waals surface area (Å²) in [6, 6.07) is -1.65. The summed E-state index contributed by atoms with van der Waals surface area (Å²) >= 11 is 0. The van der Waals surface area contributed by atoms with Crippen molar-refractivity contribution in [1.29, 1.82) is 0 Å². The van der Waals surface area contributed by atoms with Crippen molar-refractivity contribution >= 4 is 18.3 Å². The molecule has 0 rings (SSSR count). The number of nitrogens with zero attached hydrogens (tertiary/aromatic N) is 1. The molecular formula is C17H27N5O2. The number of amides is 3. The van der Waals surface area contributed by atoms with Gasteiger partial charge in [-0.2, -0.15) is 0 Å². The van der Waals surface area contributed by atoms with Crippen LogP contribution in [0.4, 0.5) is 4.79 Å². The summed E-state index contributed by atoms with van der Waals surface area (Å²) in [6.45, 7) is 9.24. The van der Waals surface area contributed by atoms with Crippen LogP contribution in [0.2, 0.25) is 0 Å². The summed E-state index contributed by atoms with van der Waals surface area (Å²) in [5.41, 5.74) is 5.85. The van der Waals surface area contributed by atoms with Gasteiger partial charge in [0.15, 0.2) is 0 Å². The molecular weight excluding hydrogens is 306 g/mol. The second-order valence-corrected chi connectivity index (χ2v) is 5.09. The van der Waals surface area contributed by atoms with Crippen LogP contribution in [0, 0.1) is 0 Å². The lowest BCUT2D eigenvalue weighted by Gasteiger charge is -2.20. The van der Waals surface area contributed by atoms with Crippen molar-refractivity contribution in [2.24, 2.45) is 10.7 Å². The Balaban J connectivity index is 4.59. The third kappa shape index (κ3) is 10.8. The van der Waals surface area contributed by atoms with Crippen LogP contribution in [0.3, 0.4) is 0 Å². The van der Waals surface area contributed by atoms with Crippen molar-refractivity contribution in [3.63, 3.8) is 0 Å². The number of allylic oxidation sites excluding steroid dienone is 4. The Morgan fingerprint density at radius 2 is 1.96 bits per heavy atom. The maximum Gasteiger partial charge on any atom is 0.312 e. The first-order chi connectivity index (χ1) is 11.4. The second kappa shape index (κ2) is 12.7. The summed E-state index contributed by atoms with van der Waals surface area (Å²) in [6.07, 6.45) is 11.1. The number of primary amides is 1. The molecule has 0 heterocycles. The van der Waals surface area contributed by atoms with Gasteiger partial charge in [-0.15, -0.1) is 0 Å². The number of aliphatic imine (C=N–C) groups is 1. The Morgan fingerprint density at radius 1 is 1.25 bits per heavy atom. The normalized spacial score (nSPS) is 13.8. The third-order valence-corrected chi connectivity index (χ3v) is 2.84. The minimum absolute atomic E-state index is 0.162. The topological polar surface area (TPSA) is 109 Å². The predicted molar refractivity (Wildman–Crippen MR) is 98.5 cm³/mol. The largest absolute Gasteiger partial charge is 0.352 e. The van der Waals surface area contributed by atoms with Crippen molar-refractivity contribution in [1.82, 2.24) is 16.0 Å². The Morgan fingerprint density at radius 3 is 2.54 bits per heavy atom. The van der Waals surface area contributed by atoms with E-state index < -0.39 is 12.1 Å². The standard InChI is InChI=1S/C17H27N5O2/c1-5-6-7-8-9-10-15(22-17(18)24)16(23)21-14(3)11-13(2)20-12-19-4/h5-9,12,14-15H,1-2,10-11H2,3-4H3,(H,19,20)(H,21,23)(H3,18,22,24)/b7-6-,9-8+.